The lowest BCUT2D eigenvalue weighted by Crippen LogP contribution is -2.23. The van der Waals surface area contributed by atoms with E-state index in [-0.39, 0.29) is 0 Å². The molecule has 1 heterocycles. The van der Waals surface area contributed by atoms with Crippen LogP contribution in [0.15, 0.2) is 12.1 Å². The monoisotopic (exact) mass is 293 g/mol. The Morgan fingerprint density at radius 2 is 2.35 bits per heavy atom. The molecule has 108 valence electrons. The molecule has 1 saturated heterocycles. The molecular formula is C15H20ClN3O. The van der Waals surface area contributed by atoms with Crippen LogP contribution in [0.2, 0.25) is 5.02 Å². The smallest absolute Gasteiger partial charge is 0.125 e. The molecule has 1 aromatic carbocycles. The second-order valence-electron chi connectivity index (χ2n) is 5.11. The molecule has 0 aliphatic carbocycles. The molecule has 1 aliphatic heterocycles. The van der Waals surface area contributed by atoms with Crippen LogP contribution in [0.25, 0.3) is 0 Å². The third-order valence-corrected chi connectivity index (χ3v) is 3.98. The summed E-state index contributed by atoms with van der Waals surface area (Å²) in [5.41, 5.74) is 7.21. The molecule has 4 nitrogen and oxygen atoms in total. The third-order valence-electron chi connectivity index (χ3n) is 3.67. The molecule has 0 bridgehead atoms. The van der Waals surface area contributed by atoms with Gasteiger partial charge in [0, 0.05) is 18.7 Å². The zero-order chi connectivity index (χ0) is 14.5. The molecule has 5 heteroatoms. The summed E-state index contributed by atoms with van der Waals surface area (Å²) in [5, 5.41) is 9.53. The molecule has 1 aliphatic rings. The average Bonchev–Trinajstić information content (AvgIpc) is 2.89. The number of halogens is 1. The van der Waals surface area contributed by atoms with E-state index in [9.17, 15) is 0 Å². The van der Waals surface area contributed by atoms with Crippen LogP contribution in [0.1, 0.15) is 24.5 Å². The van der Waals surface area contributed by atoms with Gasteiger partial charge in [0.25, 0.3) is 0 Å². The van der Waals surface area contributed by atoms with Gasteiger partial charge in [0.05, 0.1) is 17.2 Å². The van der Waals surface area contributed by atoms with E-state index in [1.54, 1.807) is 6.07 Å². The molecule has 2 rings (SSSR count). The second-order valence-corrected chi connectivity index (χ2v) is 5.52. The van der Waals surface area contributed by atoms with Gasteiger partial charge in [-0.05, 0) is 44.5 Å². The van der Waals surface area contributed by atoms with Crippen LogP contribution in [0.5, 0.6) is 5.75 Å². The van der Waals surface area contributed by atoms with Crippen molar-refractivity contribution in [1.29, 1.82) is 5.26 Å². The van der Waals surface area contributed by atoms with Gasteiger partial charge in [-0.25, -0.2) is 0 Å². The van der Waals surface area contributed by atoms with Crippen molar-refractivity contribution in [1.82, 2.24) is 4.90 Å². The number of hydrogen-bond acceptors (Lipinski definition) is 4. The largest absolute Gasteiger partial charge is 0.493 e. The summed E-state index contributed by atoms with van der Waals surface area (Å²) in [6, 6.07) is 5.67. The SMILES string of the molecule is CCOc1cc(C#N)c(Cl)cc1CN1CC[C@@H](CN)C1. The van der Waals surface area contributed by atoms with Crippen molar-refractivity contribution in [2.75, 3.05) is 26.2 Å². The van der Waals surface area contributed by atoms with Gasteiger partial charge < -0.3 is 10.5 Å². The maximum Gasteiger partial charge on any atom is 0.125 e. The Balaban J connectivity index is 2.18. The first-order valence-corrected chi connectivity index (χ1v) is 7.33. The molecule has 0 spiro atoms. The Morgan fingerprint density at radius 1 is 1.55 bits per heavy atom. The third kappa shape index (κ3) is 3.43. The maximum absolute atomic E-state index is 9.04. The van der Waals surface area contributed by atoms with Crippen molar-refractivity contribution >= 4 is 11.6 Å². The molecule has 1 atom stereocenters. The van der Waals surface area contributed by atoms with Crippen molar-refractivity contribution < 1.29 is 4.74 Å². The molecule has 0 unspecified atom stereocenters. The lowest BCUT2D eigenvalue weighted by Gasteiger charge is -2.19. The summed E-state index contributed by atoms with van der Waals surface area (Å²) in [6.07, 6.45) is 1.14. The first kappa shape index (κ1) is 15.1. The van der Waals surface area contributed by atoms with E-state index in [2.05, 4.69) is 11.0 Å². The molecule has 0 radical (unpaired) electrons. The molecule has 2 N–H and O–H groups in total. The van der Waals surface area contributed by atoms with Crippen LogP contribution >= 0.6 is 11.6 Å². The molecule has 0 amide bonds. The minimum absolute atomic E-state index is 0.458. The Labute approximate surface area is 125 Å². The Bertz CT molecular complexity index is 513. The summed E-state index contributed by atoms with van der Waals surface area (Å²) in [4.78, 5) is 2.36. The zero-order valence-electron chi connectivity index (χ0n) is 11.7. The van der Waals surface area contributed by atoms with Crippen LogP contribution in [0.3, 0.4) is 0 Å². The van der Waals surface area contributed by atoms with Gasteiger partial charge in [0.15, 0.2) is 0 Å². The van der Waals surface area contributed by atoms with Gasteiger partial charge in [-0.15, -0.1) is 0 Å². The average molecular weight is 294 g/mol. The summed E-state index contributed by atoms with van der Waals surface area (Å²) < 4.78 is 5.64. The fourth-order valence-corrected chi connectivity index (χ4v) is 2.81. The van der Waals surface area contributed by atoms with Crippen LogP contribution in [0, 0.1) is 17.2 Å². The minimum atomic E-state index is 0.458. The summed E-state index contributed by atoms with van der Waals surface area (Å²) in [5.74, 6) is 1.34. The minimum Gasteiger partial charge on any atom is -0.493 e. The zero-order valence-corrected chi connectivity index (χ0v) is 12.5. The normalized spacial score (nSPS) is 19.0. The Hall–Kier alpha value is -1.28. The van der Waals surface area contributed by atoms with E-state index in [1.165, 1.54) is 0 Å². The van der Waals surface area contributed by atoms with Crippen molar-refractivity contribution in [2.45, 2.75) is 19.9 Å². The Kier molecular flexibility index (Phi) is 5.24. The number of nitrogens with two attached hydrogens (primary N) is 1. The Morgan fingerprint density at radius 3 is 2.95 bits per heavy atom. The number of rotatable bonds is 5. The van der Waals surface area contributed by atoms with Gasteiger partial charge in [-0.2, -0.15) is 5.26 Å². The highest BCUT2D eigenvalue weighted by atomic mass is 35.5. The summed E-state index contributed by atoms with van der Waals surface area (Å²) in [6.45, 7) is 6.10. The maximum atomic E-state index is 9.04. The molecule has 0 aromatic heterocycles. The van der Waals surface area contributed by atoms with Gasteiger partial charge >= 0.3 is 0 Å². The topological polar surface area (TPSA) is 62.3 Å². The standard InChI is InChI=1S/C15H20ClN3O/c1-2-20-15-6-12(8-18)14(16)5-13(15)10-19-4-3-11(7-17)9-19/h5-6,11H,2-4,7,9-10,17H2,1H3/t11-/m0/s1. The van der Waals surface area contributed by atoms with Crippen molar-refractivity contribution in [2.24, 2.45) is 11.7 Å². The molecular weight excluding hydrogens is 274 g/mol. The molecule has 0 saturated carbocycles. The molecule has 1 fully saturated rings. The predicted molar refractivity (Wildman–Crippen MR) is 79.8 cm³/mol. The highest BCUT2D eigenvalue weighted by Crippen LogP contribution is 2.29. The van der Waals surface area contributed by atoms with E-state index < -0.39 is 0 Å². The van der Waals surface area contributed by atoms with Crippen LogP contribution in [-0.4, -0.2) is 31.1 Å². The lowest BCUT2D eigenvalue weighted by molar-refractivity contribution is 0.297. The number of nitriles is 1. The fraction of sp³-hybridized carbons (Fsp3) is 0.533. The van der Waals surface area contributed by atoms with E-state index in [0.717, 1.165) is 43.9 Å². The first-order valence-electron chi connectivity index (χ1n) is 6.95. The van der Waals surface area contributed by atoms with Crippen LogP contribution < -0.4 is 10.5 Å². The van der Waals surface area contributed by atoms with E-state index >= 15 is 0 Å². The number of nitrogens with zero attached hydrogens (tertiary/aromatic N) is 2. The van der Waals surface area contributed by atoms with Gasteiger partial charge in [0.1, 0.15) is 11.8 Å². The van der Waals surface area contributed by atoms with Gasteiger partial charge in [-0.1, -0.05) is 11.6 Å². The molecule has 20 heavy (non-hydrogen) atoms. The summed E-state index contributed by atoms with van der Waals surface area (Å²) >= 11 is 6.13. The first-order chi connectivity index (χ1) is 9.67. The predicted octanol–water partition coefficient (Wildman–Crippen LogP) is 2.39. The number of likely N-dealkylation sites (tertiary alicyclic amines) is 1. The van der Waals surface area contributed by atoms with E-state index in [4.69, 9.17) is 27.3 Å². The highest BCUT2D eigenvalue weighted by Gasteiger charge is 2.22. The highest BCUT2D eigenvalue weighted by molar-refractivity contribution is 6.31. The van der Waals surface area contributed by atoms with Crippen LogP contribution in [0.4, 0.5) is 0 Å². The quantitative estimate of drug-likeness (QED) is 0.905. The van der Waals surface area contributed by atoms with Crippen molar-refractivity contribution in [3.63, 3.8) is 0 Å². The van der Waals surface area contributed by atoms with Crippen LogP contribution in [-0.2, 0) is 6.54 Å². The number of hydrogen-bond donors (Lipinski definition) is 1. The van der Waals surface area contributed by atoms with Gasteiger partial charge in [-0.3, -0.25) is 4.90 Å². The number of benzene rings is 1. The summed E-state index contributed by atoms with van der Waals surface area (Å²) in [7, 11) is 0. The fourth-order valence-electron chi connectivity index (χ4n) is 2.58. The van der Waals surface area contributed by atoms with E-state index in [0.29, 0.717) is 23.1 Å². The van der Waals surface area contributed by atoms with Crippen molar-refractivity contribution in [3.05, 3.63) is 28.3 Å². The van der Waals surface area contributed by atoms with E-state index in [1.807, 2.05) is 13.0 Å². The van der Waals surface area contributed by atoms with Crippen molar-refractivity contribution in [3.8, 4) is 11.8 Å². The molecule has 1 aromatic rings. The lowest BCUT2D eigenvalue weighted by atomic mass is 10.1. The number of ether oxygens (including phenoxy) is 1. The second kappa shape index (κ2) is 6.94. The van der Waals surface area contributed by atoms with Gasteiger partial charge in [0.2, 0.25) is 0 Å².